The van der Waals surface area contributed by atoms with Crippen LogP contribution in [0.25, 0.3) is 0 Å². The van der Waals surface area contributed by atoms with Crippen LogP contribution in [0.5, 0.6) is 0 Å². The molecule has 0 amide bonds. The topological polar surface area (TPSA) is 30.9 Å². The van der Waals surface area contributed by atoms with Crippen molar-refractivity contribution in [2.45, 2.75) is 20.3 Å². The van der Waals surface area contributed by atoms with E-state index >= 15 is 0 Å². The molecule has 1 N–H and O–H groups in total. The lowest BCUT2D eigenvalue weighted by Crippen LogP contribution is -2.53. The number of guanidine groups is 1. The third-order valence-electron chi connectivity index (χ3n) is 3.32. The molecular formula is C14H31IN4S. The molecule has 0 radical (unpaired) electrons. The van der Waals surface area contributed by atoms with Crippen LogP contribution in [-0.4, -0.2) is 74.1 Å². The highest BCUT2D eigenvalue weighted by Crippen LogP contribution is 2.05. The Morgan fingerprint density at radius 2 is 1.90 bits per heavy atom. The normalized spacial score (nSPS) is 17.2. The van der Waals surface area contributed by atoms with Crippen LogP contribution in [0.2, 0.25) is 0 Å². The minimum absolute atomic E-state index is 0. The highest BCUT2D eigenvalue weighted by molar-refractivity contribution is 14.0. The Labute approximate surface area is 146 Å². The van der Waals surface area contributed by atoms with E-state index < -0.39 is 0 Å². The molecule has 4 nitrogen and oxygen atoms in total. The van der Waals surface area contributed by atoms with Gasteiger partial charge in [0.1, 0.15) is 0 Å². The van der Waals surface area contributed by atoms with Crippen LogP contribution in [0.15, 0.2) is 4.99 Å². The SMILES string of the molecule is CN=C(NCCCSC)N1CCN(CC(C)C)CC1.I. The maximum absolute atomic E-state index is 4.40. The summed E-state index contributed by atoms with van der Waals surface area (Å²) in [7, 11) is 1.89. The van der Waals surface area contributed by atoms with Gasteiger partial charge in [0, 0.05) is 46.3 Å². The average Bonchev–Trinajstić information content (AvgIpc) is 2.40. The number of hydrogen-bond acceptors (Lipinski definition) is 3. The highest BCUT2D eigenvalue weighted by atomic mass is 127. The molecule has 0 aromatic heterocycles. The van der Waals surface area contributed by atoms with Gasteiger partial charge >= 0.3 is 0 Å². The van der Waals surface area contributed by atoms with Crippen molar-refractivity contribution in [3.63, 3.8) is 0 Å². The van der Waals surface area contributed by atoms with Gasteiger partial charge in [0.05, 0.1) is 0 Å². The molecule has 20 heavy (non-hydrogen) atoms. The van der Waals surface area contributed by atoms with E-state index in [1.807, 2.05) is 18.8 Å². The van der Waals surface area contributed by atoms with E-state index in [1.54, 1.807) is 0 Å². The van der Waals surface area contributed by atoms with Gasteiger partial charge in [-0.2, -0.15) is 11.8 Å². The summed E-state index contributed by atoms with van der Waals surface area (Å²) in [6.45, 7) is 11.3. The molecule has 1 saturated heterocycles. The van der Waals surface area contributed by atoms with Gasteiger partial charge in [0.15, 0.2) is 5.96 Å². The first-order chi connectivity index (χ1) is 9.17. The third-order valence-corrected chi connectivity index (χ3v) is 4.01. The monoisotopic (exact) mass is 414 g/mol. The molecule has 1 aliphatic heterocycles. The first-order valence-corrected chi connectivity index (χ1v) is 8.73. The van der Waals surface area contributed by atoms with Gasteiger partial charge in [0.25, 0.3) is 0 Å². The van der Waals surface area contributed by atoms with E-state index in [0.717, 1.165) is 44.6 Å². The maximum atomic E-state index is 4.40. The fourth-order valence-corrected chi connectivity index (χ4v) is 2.84. The van der Waals surface area contributed by atoms with E-state index in [-0.39, 0.29) is 24.0 Å². The average molecular weight is 414 g/mol. The second-order valence-corrected chi connectivity index (χ2v) is 6.49. The van der Waals surface area contributed by atoms with E-state index in [9.17, 15) is 0 Å². The molecule has 0 spiro atoms. The lowest BCUT2D eigenvalue weighted by molar-refractivity contribution is 0.164. The Morgan fingerprint density at radius 1 is 1.25 bits per heavy atom. The number of nitrogens with zero attached hydrogens (tertiary/aromatic N) is 3. The van der Waals surface area contributed by atoms with Crippen molar-refractivity contribution in [3.05, 3.63) is 0 Å². The van der Waals surface area contributed by atoms with E-state index in [1.165, 1.54) is 18.7 Å². The van der Waals surface area contributed by atoms with Crippen LogP contribution in [0, 0.1) is 5.92 Å². The van der Waals surface area contributed by atoms with Crippen LogP contribution in [0.1, 0.15) is 20.3 Å². The van der Waals surface area contributed by atoms with Gasteiger partial charge in [-0.25, -0.2) is 0 Å². The van der Waals surface area contributed by atoms with Gasteiger partial charge in [-0.05, 0) is 24.3 Å². The third kappa shape index (κ3) is 7.93. The summed E-state index contributed by atoms with van der Waals surface area (Å²) in [6.07, 6.45) is 3.36. The van der Waals surface area contributed by atoms with Crippen LogP contribution >= 0.6 is 35.7 Å². The van der Waals surface area contributed by atoms with Gasteiger partial charge < -0.3 is 10.2 Å². The second kappa shape index (κ2) is 11.9. The van der Waals surface area contributed by atoms with Gasteiger partial charge in [-0.15, -0.1) is 24.0 Å². The number of hydrogen-bond donors (Lipinski definition) is 1. The zero-order valence-corrected chi connectivity index (χ0v) is 16.5. The van der Waals surface area contributed by atoms with Crippen LogP contribution in [-0.2, 0) is 0 Å². The van der Waals surface area contributed by atoms with Crippen molar-refractivity contribution in [2.24, 2.45) is 10.9 Å². The molecule has 0 unspecified atom stereocenters. The first kappa shape index (κ1) is 20.3. The van der Waals surface area contributed by atoms with Crippen molar-refractivity contribution in [1.82, 2.24) is 15.1 Å². The van der Waals surface area contributed by atoms with Crippen molar-refractivity contribution in [2.75, 3.05) is 58.3 Å². The highest BCUT2D eigenvalue weighted by Gasteiger charge is 2.19. The summed E-state index contributed by atoms with van der Waals surface area (Å²) >= 11 is 1.90. The van der Waals surface area contributed by atoms with Crippen molar-refractivity contribution >= 4 is 41.7 Å². The fraction of sp³-hybridized carbons (Fsp3) is 0.929. The molecule has 1 aliphatic rings. The number of rotatable bonds is 6. The molecule has 0 aliphatic carbocycles. The summed E-state index contributed by atoms with van der Waals surface area (Å²) in [6, 6.07) is 0. The second-order valence-electron chi connectivity index (χ2n) is 5.50. The number of halogens is 1. The summed E-state index contributed by atoms with van der Waals surface area (Å²) in [4.78, 5) is 9.34. The predicted octanol–water partition coefficient (Wildman–Crippen LogP) is 2.21. The van der Waals surface area contributed by atoms with Crippen LogP contribution in [0.3, 0.4) is 0 Å². The molecule has 0 bridgehead atoms. The predicted molar refractivity (Wildman–Crippen MR) is 103 cm³/mol. The first-order valence-electron chi connectivity index (χ1n) is 7.34. The van der Waals surface area contributed by atoms with Gasteiger partial charge in [-0.1, -0.05) is 13.8 Å². The molecule has 0 saturated carbocycles. The standard InChI is InChI=1S/C14H30N4S.HI/c1-13(2)12-17-7-9-18(10-8-17)14(15-3)16-6-5-11-19-4;/h13H,5-12H2,1-4H3,(H,15,16);1H. The number of piperazine rings is 1. The van der Waals surface area contributed by atoms with Crippen molar-refractivity contribution in [3.8, 4) is 0 Å². The quantitative estimate of drug-likeness (QED) is 0.313. The molecule has 0 atom stereocenters. The number of aliphatic imine (C=N–C) groups is 1. The Balaban J connectivity index is 0.00000361. The summed E-state index contributed by atoms with van der Waals surface area (Å²) in [5.74, 6) is 3.05. The van der Waals surface area contributed by atoms with Crippen LogP contribution in [0.4, 0.5) is 0 Å². The summed E-state index contributed by atoms with van der Waals surface area (Å²) in [5, 5.41) is 3.47. The fourth-order valence-electron chi connectivity index (χ4n) is 2.41. The van der Waals surface area contributed by atoms with Crippen molar-refractivity contribution < 1.29 is 0 Å². The molecular weight excluding hydrogens is 383 g/mol. The smallest absolute Gasteiger partial charge is 0.193 e. The molecule has 0 aromatic carbocycles. The zero-order chi connectivity index (χ0) is 14.1. The minimum atomic E-state index is 0. The number of nitrogens with one attached hydrogen (secondary N) is 1. The Kier molecular flexibility index (Phi) is 12.1. The zero-order valence-electron chi connectivity index (χ0n) is 13.4. The largest absolute Gasteiger partial charge is 0.356 e. The molecule has 0 aromatic rings. The maximum Gasteiger partial charge on any atom is 0.193 e. The van der Waals surface area contributed by atoms with E-state index in [0.29, 0.717) is 0 Å². The number of thioether (sulfide) groups is 1. The Morgan fingerprint density at radius 3 is 2.40 bits per heavy atom. The molecule has 120 valence electrons. The lowest BCUT2D eigenvalue weighted by atomic mass is 10.2. The van der Waals surface area contributed by atoms with E-state index in [2.05, 4.69) is 40.2 Å². The Bertz CT molecular complexity index is 266. The molecule has 6 heteroatoms. The molecule has 1 fully saturated rings. The molecule has 1 rings (SSSR count). The van der Waals surface area contributed by atoms with E-state index in [4.69, 9.17) is 0 Å². The molecule has 1 heterocycles. The van der Waals surface area contributed by atoms with Gasteiger partial charge in [0.2, 0.25) is 0 Å². The van der Waals surface area contributed by atoms with Crippen molar-refractivity contribution in [1.29, 1.82) is 0 Å². The minimum Gasteiger partial charge on any atom is -0.356 e. The van der Waals surface area contributed by atoms with Gasteiger partial charge in [-0.3, -0.25) is 9.89 Å². The summed E-state index contributed by atoms with van der Waals surface area (Å²) in [5.41, 5.74) is 0. The summed E-state index contributed by atoms with van der Waals surface area (Å²) < 4.78 is 0. The Hall–Kier alpha value is 0.310. The lowest BCUT2D eigenvalue weighted by Gasteiger charge is -2.37. The van der Waals surface area contributed by atoms with Crippen LogP contribution < -0.4 is 5.32 Å².